The molecule has 72 heavy (non-hydrogen) atoms. The van der Waals surface area contributed by atoms with Crippen molar-refractivity contribution in [2.24, 2.45) is 11.8 Å². The first-order valence-electron chi connectivity index (χ1n) is 27.1. The molecule has 4 fully saturated rings. The fraction of sp³-hybridized carbons (Fsp3) is 0.796. The molecule has 18 nitrogen and oxygen atoms in total. The van der Waals surface area contributed by atoms with E-state index in [0.29, 0.717) is 38.1 Å². The van der Waals surface area contributed by atoms with Crippen LogP contribution in [-0.4, -0.2) is 171 Å². The van der Waals surface area contributed by atoms with Crippen molar-refractivity contribution in [3.05, 3.63) is 53.6 Å². The van der Waals surface area contributed by atoms with Crippen LogP contribution in [0.3, 0.4) is 0 Å². The van der Waals surface area contributed by atoms with Crippen LogP contribution in [-0.2, 0) is 39.6 Å². The van der Waals surface area contributed by atoms with E-state index >= 15 is 0 Å². The maximum absolute atomic E-state index is 14.3. The molecular formula is C54H90N8O10. The molecule has 7 rings (SSSR count). The summed E-state index contributed by atoms with van der Waals surface area (Å²) in [6.07, 6.45) is 7.51. The van der Waals surface area contributed by atoms with Gasteiger partial charge in [-0.1, -0.05) is 31.2 Å². The van der Waals surface area contributed by atoms with Gasteiger partial charge in [-0.3, -0.25) is 9.80 Å². The predicted molar refractivity (Wildman–Crippen MR) is 273 cm³/mol. The Morgan fingerprint density at radius 2 is 1.64 bits per heavy atom. The number of esters is 1. The number of unbranched alkanes of at least 4 members (excludes halogenated alkanes) is 1. The summed E-state index contributed by atoms with van der Waals surface area (Å²) >= 11 is 0. The highest BCUT2D eigenvalue weighted by Crippen LogP contribution is 2.39. The Balaban J connectivity index is 0.971. The molecule has 0 unspecified atom stereocenters. The topological polar surface area (TPSA) is 198 Å². The van der Waals surface area contributed by atoms with E-state index in [2.05, 4.69) is 88.7 Å². The van der Waals surface area contributed by atoms with E-state index in [9.17, 15) is 20.1 Å². The largest absolute Gasteiger partial charge is 0.459 e. The number of aromatic nitrogens is 3. The molecule has 5 N–H and O–H groups in total. The summed E-state index contributed by atoms with van der Waals surface area (Å²) in [5.74, 6) is -0.902. The molecule has 1 saturated carbocycles. The zero-order valence-corrected chi connectivity index (χ0v) is 45.2. The van der Waals surface area contributed by atoms with E-state index < -0.39 is 72.2 Å². The molecule has 1 aromatic carbocycles. The van der Waals surface area contributed by atoms with E-state index in [1.54, 1.807) is 14.0 Å². The molecule has 0 radical (unpaired) electrons. The van der Waals surface area contributed by atoms with Crippen LogP contribution in [0.25, 0.3) is 5.69 Å². The lowest BCUT2D eigenvalue weighted by Gasteiger charge is -2.43. The van der Waals surface area contributed by atoms with Crippen LogP contribution in [0.1, 0.15) is 150 Å². The highest BCUT2D eigenvalue weighted by Gasteiger charge is 2.47. The number of carbonyl (C=O) groups is 1. The van der Waals surface area contributed by atoms with Crippen molar-refractivity contribution in [3.63, 3.8) is 0 Å². The van der Waals surface area contributed by atoms with Crippen molar-refractivity contribution in [2.45, 2.75) is 223 Å². The van der Waals surface area contributed by atoms with Crippen molar-refractivity contribution in [3.8, 4) is 5.69 Å². The number of carbonyl (C=O) groups excluding carboxylic acids is 1. The van der Waals surface area contributed by atoms with Crippen LogP contribution in [0.5, 0.6) is 0 Å². The molecule has 1 aromatic heterocycles. The summed E-state index contributed by atoms with van der Waals surface area (Å²) in [5.41, 5.74) is 9.02. The molecule has 1 aliphatic carbocycles. The summed E-state index contributed by atoms with van der Waals surface area (Å²) in [6.45, 7) is 17.3. The molecule has 0 bridgehead atoms. The SMILES string of the molecule is CC[C@H]1OC(=O)[C@H](C)[C@@H](O[C@H]2C[C@@](C)(OC)C[C@H](C)O2)C[C@@H](O[C@H]2C[C@@H](N(C)CCC3=CN(CCCCc4ccc(-n5cc(C6CC6)nn5)cc4)NN3)C[C@@H](C)O2)[C@H](O)C[C@@H](C)CN(C)[C@H](C)[C@@H](O)[C@]1(C)O. The van der Waals surface area contributed by atoms with Gasteiger partial charge in [-0.2, -0.15) is 0 Å². The average molecular weight is 1010 g/mol. The molecule has 18 heteroatoms. The first-order valence-corrected chi connectivity index (χ1v) is 27.1. The molecular weight excluding hydrogens is 921 g/mol. The number of aliphatic hydroxyl groups excluding tert-OH is 2. The Hall–Kier alpha value is -3.27. The molecule has 15 atom stereocenters. The summed E-state index contributed by atoms with van der Waals surface area (Å²) in [5, 5.41) is 46.4. The number of nitrogens with zero attached hydrogens (tertiary/aromatic N) is 6. The van der Waals surface area contributed by atoms with Crippen molar-refractivity contribution < 1.29 is 48.5 Å². The minimum absolute atomic E-state index is 0.0354. The van der Waals surface area contributed by atoms with Gasteiger partial charge >= 0.3 is 5.97 Å². The maximum atomic E-state index is 14.3. The second kappa shape index (κ2) is 25.0. The third-order valence-corrected chi connectivity index (χ3v) is 16.3. The van der Waals surface area contributed by atoms with E-state index in [1.165, 1.54) is 25.3 Å². The number of nitrogens with one attached hydrogen (secondary N) is 2. The molecule has 406 valence electrons. The Kier molecular flexibility index (Phi) is 19.6. The average Bonchev–Trinajstić information content (AvgIpc) is 3.89. The number of aliphatic hydroxyl groups is 3. The van der Waals surface area contributed by atoms with Gasteiger partial charge in [-0.05, 0) is 131 Å². The summed E-state index contributed by atoms with van der Waals surface area (Å²) < 4.78 is 40.5. The lowest BCUT2D eigenvalue weighted by Crippen LogP contribution is -2.59. The minimum atomic E-state index is -1.75. The van der Waals surface area contributed by atoms with Crippen molar-refractivity contribution in [1.82, 2.24) is 40.8 Å². The zero-order chi connectivity index (χ0) is 51.9. The molecule has 3 saturated heterocycles. The van der Waals surface area contributed by atoms with Gasteiger partial charge in [-0.15, -0.1) is 10.6 Å². The second-order valence-corrected chi connectivity index (χ2v) is 22.7. The van der Waals surface area contributed by atoms with Crippen molar-refractivity contribution in [2.75, 3.05) is 40.8 Å². The van der Waals surface area contributed by atoms with E-state index in [1.807, 2.05) is 44.3 Å². The smallest absolute Gasteiger partial charge is 0.311 e. The molecule has 5 heterocycles. The predicted octanol–water partition coefficient (Wildman–Crippen LogP) is 5.73. The Morgan fingerprint density at radius 3 is 2.35 bits per heavy atom. The van der Waals surface area contributed by atoms with Gasteiger partial charge in [0.2, 0.25) is 0 Å². The Labute approximate surface area is 429 Å². The second-order valence-electron chi connectivity index (χ2n) is 22.7. The van der Waals surface area contributed by atoms with Gasteiger partial charge < -0.3 is 59.0 Å². The number of likely N-dealkylation sites (N-methyl/N-ethyl adjacent to an activating group) is 1. The van der Waals surface area contributed by atoms with E-state index in [-0.39, 0.29) is 37.0 Å². The monoisotopic (exact) mass is 1010 g/mol. The van der Waals surface area contributed by atoms with Crippen molar-refractivity contribution >= 4 is 5.97 Å². The number of hydrogen-bond donors (Lipinski definition) is 5. The fourth-order valence-corrected chi connectivity index (χ4v) is 11.2. The van der Waals surface area contributed by atoms with Gasteiger partial charge in [0, 0.05) is 88.7 Å². The lowest BCUT2D eigenvalue weighted by atomic mass is 9.86. The zero-order valence-electron chi connectivity index (χ0n) is 45.2. The number of benzene rings is 1. The molecule has 0 spiro atoms. The van der Waals surface area contributed by atoms with Gasteiger partial charge in [0.15, 0.2) is 12.6 Å². The highest BCUT2D eigenvalue weighted by atomic mass is 16.7. The minimum Gasteiger partial charge on any atom is -0.459 e. The summed E-state index contributed by atoms with van der Waals surface area (Å²) in [7, 11) is 5.73. The standard InChI is InChI=1S/C54H90N8O10/c1-12-48-54(8,66)51(64)38(6)60(10)31-34(2)25-45(63)47(28-46(37(5)52(65)72-48)70-50-30-53(7,67-11)29-36(4)69-50)71-49-27-43(26-35(3)68-49)59(9)24-22-41-32-61(57-55-41)23-14-13-15-39-16-20-42(21-17-39)62-33-44(56-58-62)40-18-19-40/h16-17,20-21,32-38,40,43,45-51,55,57,63-64,66H,12-15,18-19,22-31H2,1-11H3/t34-,35-,36+,37-,38-,43+,45-,46+,47-,48-,49+,50+,51-,53+,54-/m1/s1. The quantitative estimate of drug-likeness (QED) is 0.0951. The first-order chi connectivity index (χ1) is 34.2. The highest BCUT2D eigenvalue weighted by molar-refractivity contribution is 5.73. The number of ether oxygens (including phenoxy) is 6. The van der Waals surface area contributed by atoms with Crippen molar-refractivity contribution in [1.29, 1.82) is 0 Å². The number of methoxy groups -OCH3 is 1. The van der Waals surface area contributed by atoms with Gasteiger partial charge in [0.1, 0.15) is 17.8 Å². The van der Waals surface area contributed by atoms with Crippen LogP contribution < -0.4 is 11.0 Å². The molecule has 4 aliphatic heterocycles. The fourth-order valence-electron chi connectivity index (χ4n) is 11.2. The van der Waals surface area contributed by atoms with E-state index in [0.717, 1.165) is 62.3 Å². The number of rotatable bonds is 17. The van der Waals surface area contributed by atoms with Crippen LogP contribution in [0.4, 0.5) is 0 Å². The number of cyclic esters (lactones) is 1. The Bertz CT molecular complexity index is 2040. The lowest BCUT2D eigenvalue weighted by molar-refractivity contribution is -0.272. The molecule has 0 amide bonds. The molecule has 5 aliphatic rings. The van der Waals surface area contributed by atoms with E-state index in [4.69, 9.17) is 28.4 Å². The number of hydrazine groups is 2. The molecule has 2 aromatic rings. The number of hydrogen-bond acceptors (Lipinski definition) is 17. The third-order valence-electron chi connectivity index (χ3n) is 16.3. The Morgan fingerprint density at radius 1 is 0.917 bits per heavy atom. The van der Waals surface area contributed by atoms with Crippen LogP contribution >= 0.6 is 0 Å². The summed E-state index contributed by atoms with van der Waals surface area (Å²) in [6, 6.07) is 8.31. The third kappa shape index (κ3) is 15.0. The van der Waals surface area contributed by atoms with Gasteiger partial charge in [-0.25, -0.2) is 4.68 Å². The maximum Gasteiger partial charge on any atom is 0.311 e. The van der Waals surface area contributed by atoms with Crippen LogP contribution in [0, 0.1) is 11.8 Å². The first kappa shape index (κ1) is 56.5. The number of aryl methyl sites for hydroxylation is 1. The van der Waals surface area contributed by atoms with Crippen LogP contribution in [0.15, 0.2) is 42.4 Å². The van der Waals surface area contributed by atoms with Gasteiger partial charge in [0.05, 0.1) is 59.6 Å². The normalized spacial score (nSPS) is 36.9. The van der Waals surface area contributed by atoms with Gasteiger partial charge in [0.25, 0.3) is 0 Å². The van der Waals surface area contributed by atoms with Crippen LogP contribution in [0.2, 0.25) is 0 Å². The summed E-state index contributed by atoms with van der Waals surface area (Å²) in [4.78, 5) is 18.6.